The molecule has 1 saturated heterocycles. The van der Waals surface area contributed by atoms with Gasteiger partial charge in [-0.1, -0.05) is 54.6 Å². The summed E-state index contributed by atoms with van der Waals surface area (Å²) in [6.07, 6.45) is 0.514. The number of sulfone groups is 1. The second kappa shape index (κ2) is 11.3. The third-order valence-corrected chi connectivity index (χ3v) is 7.02. The largest absolute Gasteiger partial charge is 0.370 e. The number of aryl methyl sites for hydroxylation is 1. The second-order valence-corrected chi connectivity index (χ2v) is 10.0. The Bertz CT molecular complexity index is 961. The summed E-state index contributed by atoms with van der Waals surface area (Å²) in [4.78, 5) is 6.92. The maximum atomic E-state index is 12.4. The Labute approximate surface area is 186 Å². The third kappa shape index (κ3) is 7.08. The van der Waals surface area contributed by atoms with Crippen molar-refractivity contribution >= 4 is 15.8 Å². The van der Waals surface area contributed by atoms with E-state index < -0.39 is 9.84 Å². The Hall–Kier alpha value is -2.38. The molecule has 31 heavy (non-hydrogen) atoms. The van der Waals surface area contributed by atoms with Crippen LogP contribution in [0.5, 0.6) is 0 Å². The molecule has 6 nitrogen and oxygen atoms in total. The zero-order valence-corrected chi connectivity index (χ0v) is 19.3. The highest BCUT2D eigenvalue weighted by atomic mass is 32.2. The molecule has 7 heteroatoms. The molecule has 2 aromatic rings. The van der Waals surface area contributed by atoms with Crippen molar-refractivity contribution in [2.45, 2.75) is 32.1 Å². The molecular formula is C24H33N3O3S. The van der Waals surface area contributed by atoms with Gasteiger partial charge < -0.3 is 15.0 Å². The van der Waals surface area contributed by atoms with Crippen molar-refractivity contribution in [3.8, 4) is 0 Å². The lowest BCUT2D eigenvalue weighted by Gasteiger charge is -2.35. The van der Waals surface area contributed by atoms with Crippen molar-refractivity contribution in [1.29, 1.82) is 0 Å². The van der Waals surface area contributed by atoms with Gasteiger partial charge in [-0.05, 0) is 37.0 Å². The lowest BCUT2D eigenvalue weighted by atomic mass is 10.0. The van der Waals surface area contributed by atoms with Crippen molar-refractivity contribution in [3.05, 3.63) is 71.3 Å². The van der Waals surface area contributed by atoms with Gasteiger partial charge in [0.1, 0.15) is 6.10 Å². The van der Waals surface area contributed by atoms with E-state index in [1.54, 1.807) is 0 Å². The fourth-order valence-corrected chi connectivity index (χ4v) is 5.19. The highest BCUT2D eigenvalue weighted by Crippen LogP contribution is 2.25. The van der Waals surface area contributed by atoms with E-state index in [2.05, 4.69) is 29.3 Å². The number of morpholine rings is 1. The monoisotopic (exact) mass is 443 g/mol. The molecule has 0 aliphatic carbocycles. The van der Waals surface area contributed by atoms with Gasteiger partial charge in [0.2, 0.25) is 0 Å². The topological polar surface area (TPSA) is 71.0 Å². The Morgan fingerprint density at radius 2 is 1.90 bits per heavy atom. The molecule has 1 heterocycles. The summed E-state index contributed by atoms with van der Waals surface area (Å²) in [6.45, 7) is 7.50. The van der Waals surface area contributed by atoms with Crippen molar-refractivity contribution in [2.24, 2.45) is 4.99 Å². The van der Waals surface area contributed by atoms with Crippen LogP contribution in [0.25, 0.3) is 0 Å². The maximum Gasteiger partial charge on any atom is 0.194 e. The number of nitrogens with one attached hydrogen (secondary N) is 1. The first-order valence-electron chi connectivity index (χ1n) is 10.9. The smallest absolute Gasteiger partial charge is 0.194 e. The standard InChI is InChI=1S/C24H33N3O3S/c1-3-25-24(26-14-9-17-31(28,29)19-21-11-5-4-6-12-21)27-15-16-30-23(18-27)22-13-8-7-10-20(22)2/h4-8,10-13,23H,3,9,14-19H2,1-2H3,(H,25,26). The van der Waals surface area contributed by atoms with E-state index in [0.717, 1.165) is 31.2 Å². The number of benzene rings is 2. The fourth-order valence-electron chi connectivity index (χ4n) is 3.77. The molecule has 1 N–H and O–H groups in total. The zero-order valence-electron chi connectivity index (χ0n) is 18.5. The van der Waals surface area contributed by atoms with Crippen molar-refractivity contribution in [3.63, 3.8) is 0 Å². The summed E-state index contributed by atoms with van der Waals surface area (Å²) in [7, 11) is -3.14. The van der Waals surface area contributed by atoms with Crippen LogP contribution in [0.4, 0.5) is 0 Å². The molecule has 0 spiro atoms. The van der Waals surface area contributed by atoms with Crippen LogP contribution in [0, 0.1) is 6.92 Å². The molecule has 0 aromatic heterocycles. The molecule has 1 fully saturated rings. The molecule has 1 unspecified atom stereocenters. The fraction of sp³-hybridized carbons (Fsp3) is 0.458. The van der Waals surface area contributed by atoms with E-state index in [1.165, 1.54) is 11.1 Å². The van der Waals surface area contributed by atoms with Crippen LogP contribution < -0.4 is 5.32 Å². The van der Waals surface area contributed by atoms with Crippen LogP contribution in [0.1, 0.15) is 36.1 Å². The lowest BCUT2D eigenvalue weighted by molar-refractivity contribution is -0.00832. The number of aliphatic imine (C=N–C) groups is 1. The number of hydrogen-bond acceptors (Lipinski definition) is 4. The first-order chi connectivity index (χ1) is 15.0. The molecule has 0 saturated carbocycles. The van der Waals surface area contributed by atoms with Gasteiger partial charge in [-0.3, -0.25) is 4.99 Å². The molecule has 0 radical (unpaired) electrons. The SMILES string of the molecule is CCNC(=NCCCS(=O)(=O)Cc1ccccc1)N1CCOC(c2ccccc2C)C1. The molecule has 3 rings (SSSR count). The molecular weight excluding hydrogens is 410 g/mol. The minimum absolute atomic E-state index is 0.00468. The quantitative estimate of drug-likeness (QED) is 0.385. The summed E-state index contributed by atoms with van der Waals surface area (Å²) < 4.78 is 30.9. The minimum Gasteiger partial charge on any atom is -0.370 e. The van der Waals surface area contributed by atoms with E-state index in [9.17, 15) is 8.42 Å². The summed E-state index contributed by atoms with van der Waals surface area (Å²) >= 11 is 0. The van der Waals surface area contributed by atoms with E-state index in [1.807, 2.05) is 49.4 Å². The Morgan fingerprint density at radius 3 is 2.65 bits per heavy atom. The molecule has 2 aromatic carbocycles. The number of guanidine groups is 1. The van der Waals surface area contributed by atoms with Gasteiger partial charge in [0.15, 0.2) is 15.8 Å². The van der Waals surface area contributed by atoms with Gasteiger partial charge in [-0.15, -0.1) is 0 Å². The van der Waals surface area contributed by atoms with Crippen LogP contribution in [0.15, 0.2) is 59.6 Å². The molecule has 1 aliphatic heterocycles. The number of hydrogen-bond donors (Lipinski definition) is 1. The number of nitrogens with zero attached hydrogens (tertiary/aromatic N) is 2. The van der Waals surface area contributed by atoms with Crippen LogP contribution >= 0.6 is 0 Å². The average molecular weight is 444 g/mol. The predicted octanol–water partition coefficient (Wildman–Crippen LogP) is 3.34. The summed E-state index contributed by atoms with van der Waals surface area (Å²) in [5.74, 6) is 1.05. The first kappa shape index (κ1) is 23.3. The van der Waals surface area contributed by atoms with Crippen LogP contribution in [0.2, 0.25) is 0 Å². The molecule has 1 atom stereocenters. The van der Waals surface area contributed by atoms with E-state index >= 15 is 0 Å². The summed E-state index contributed by atoms with van der Waals surface area (Å²) in [5.41, 5.74) is 3.25. The molecule has 0 bridgehead atoms. The Balaban J connectivity index is 1.57. The zero-order chi connectivity index (χ0) is 22.1. The van der Waals surface area contributed by atoms with E-state index in [-0.39, 0.29) is 17.6 Å². The summed E-state index contributed by atoms with van der Waals surface area (Å²) in [6, 6.07) is 17.6. The van der Waals surface area contributed by atoms with E-state index in [4.69, 9.17) is 9.73 Å². The first-order valence-corrected chi connectivity index (χ1v) is 12.8. The lowest BCUT2D eigenvalue weighted by Crippen LogP contribution is -2.48. The van der Waals surface area contributed by atoms with Gasteiger partial charge in [0, 0.05) is 19.6 Å². The van der Waals surface area contributed by atoms with Gasteiger partial charge >= 0.3 is 0 Å². The predicted molar refractivity (Wildman–Crippen MR) is 126 cm³/mol. The summed E-state index contributed by atoms with van der Waals surface area (Å²) in [5, 5.41) is 3.35. The molecule has 168 valence electrons. The van der Waals surface area contributed by atoms with Gasteiger partial charge in [0.05, 0.1) is 24.7 Å². The van der Waals surface area contributed by atoms with Crippen molar-refractivity contribution in [2.75, 3.05) is 38.5 Å². The minimum atomic E-state index is -3.14. The Kier molecular flexibility index (Phi) is 8.49. The maximum absolute atomic E-state index is 12.4. The van der Waals surface area contributed by atoms with Crippen LogP contribution in [-0.2, 0) is 20.3 Å². The third-order valence-electron chi connectivity index (χ3n) is 5.34. The highest BCUT2D eigenvalue weighted by Gasteiger charge is 2.25. The van der Waals surface area contributed by atoms with Crippen molar-refractivity contribution < 1.29 is 13.2 Å². The van der Waals surface area contributed by atoms with Gasteiger partial charge in [-0.2, -0.15) is 0 Å². The van der Waals surface area contributed by atoms with Gasteiger partial charge in [-0.25, -0.2) is 8.42 Å². The molecule has 0 amide bonds. The molecule has 1 aliphatic rings. The van der Waals surface area contributed by atoms with Gasteiger partial charge in [0.25, 0.3) is 0 Å². The normalized spacial score (nSPS) is 17.5. The van der Waals surface area contributed by atoms with Crippen molar-refractivity contribution in [1.82, 2.24) is 10.2 Å². The Morgan fingerprint density at radius 1 is 1.16 bits per heavy atom. The number of rotatable bonds is 8. The average Bonchev–Trinajstić information content (AvgIpc) is 2.77. The second-order valence-electron chi connectivity index (χ2n) is 7.83. The van der Waals surface area contributed by atoms with Crippen LogP contribution in [0.3, 0.4) is 0 Å². The van der Waals surface area contributed by atoms with Crippen LogP contribution in [-0.4, -0.2) is 57.8 Å². The number of ether oxygens (including phenoxy) is 1. The highest BCUT2D eigenvalue weighted by molar-refractivity contribution is 7.90. The van der Waals surface area contributed by atoms with E-state index in [0.29, 0.717) is 19.6 Å².